The quantitative estimate of drug-likeness (QED) is 0.807. The minimum atomic E-state index is 0.0475. The number of hydrogen-bond donors (Lipinski definition) is 1. The largest absolute Gasteiger partial charge is 0.316 e. The van der Waals surface area contributed by atoms with Gasteiger partial charge in [0.05, 0.1) is 17.6 Å². The predicted molar refractivity (Wildman–Crippen MR) is 96.4 cm³/mol. The monoisotopic (exact) mass is 319 g/mol. The fraction of sp³-hybridized carbons (Fsp3) is 0.300. The molecule has 1 atom stereocenters. The highest BCUT2D eigenvalue weighted by Gasteiger charge is 2.22. The maximum Gasteiger partial charge on any atom is 0.273 e. The van der Waals surface area contributed by atoms with Gasteiger partial charge in [-0.25, -0.2) is 4.98 Å². The van der Waals surface area contributed by atoms with Crippen LogP contribution in [0.1, 0.15) is 30.0 Å². The number of aromatic nitrogens is 2. The van der Waals surface area contributed by atoms with Crippen LogP contribution in [0.15, 0.2) is 59.4 Å². The molecule has 4 heteroatoms. The summed E-state index contributed by atoms with van der Waals surface area (Å²) in [5.41, 5.74) is 3.68. The van der Waals surface area contributed by atoms with Gasteiger partial charge in [0.1, 0.15) is 5.69 Å². The second-order valence-electron chi connectivity index (χ2n) is 6.41. The van der Waals surface area contributed by atoms with Crippen molar-refractivity contribution in [2.24, 2.45) is 0 Å². The second kappa shape index (κ2) is 6.57. The molecule has 1 saturated heterocycles. The van der Waals surface area contributed by atoms with E-state index in [0.717, 1.165) is 42.5 Å². The van der Waals surface area contributed by atoms with E-state index in [9.17, 15) is 4.79 Å². The van der Waals surface area contributed by atoms with E-state index < -0.39 is 0 Å². The molecular formula is C20H21N3O. The van der Waals surface area contributed by atoms with Crippen molar-refractivity contribution in [3.05, 3.63) is 76.2 Å². The molecule has 4 nitrogen and oxygen atoms in total. The molecule has 122 valence electrons. The van der Waals surface area contributed by atoms with Gasteiger partial charge in [0.2, 0.25) is 0 Å². The lowest BCUT2D eigenvalue weighted by molar-refractivity contribution is 0.450. The van der Waals surface area contributed by atoms with E-state index in [0.29, 0.717) is 12.2 Å². The molecule has 0 radical (unpaired) electrons. The molecule has 1 aromatic heterocycles. The van der Waals surface area contributed by atoms with Gasteiger partial charge in [-0.05, 0) is 37.1 Å². The van der Waals surface area contributed by atoms with Gasteiger partial charge < -0.3 is 9.88 Å². The van der Waals surface area contributed by atoms with Gasteiger partial charge >= 0.3 is 0 Å². The van der Waals surface area contributed by atoms with Crippen molar-refractivity contribution in [2.45, 2.75) is 25.3 Å². The molecule has 4 rings (SSSR count). The van der Waals surface area contributed by atoms with E-state index >= 15 is 0 Å². The lowest BCUT2D eigenvalue weighted by Gasteiger charge is -2.23. The molecule has 1 N–H and O–H groups in total. The standard InChI is InChI=1S/C20H21N3O/c24-20-19(16-9-6-12-21-13-16)22-17-10-4-5-11-18(17)23(20)14-15-7-2-1-3-8-15/h1-5,7-8,10-11,16,21H,6,9,12-14H2. The van der Waals surface area contributed by atoms with Gasteiger partial charge in [-0.15, -0.1) is 0 Å². The first kappa shape index (κ1) is 15.1. The number of benzene rings is 2. The van der Waals surface area contributed by atoms with Crippen LogP contribution in [0.4, 0.5) is 0 Å². The fourth-order valence-corrected chi connectivity index (χ4v) is 3.49. The highest BCUT2D eigenvalue weighted by atomic mass is 16.1. The Kier molecular flexibility index (Phi) is 4.13. The molecule has 2 aromatic carbocycles. The first-order valence-electron chi connectivity index (χ1n) is 8.57. The summed E-state index contributed by atoms with van der Waals surface area (Å²) in [6, 6.07) is 18.1. The number of rotatable bonds is 3. The van der Waals surface area contributed by atoms with Crippen molar-refractivity contribution in [2.75, 3.05) is 13.1 Å². The van der Waals surface area contributed by atoms with Crippen LogP contribution >= 0.6 is 0 Å². The molecule has 0 amide bonds. The summed E-state index contributed by atoms with van der Waals surface area (Å²) in [6.45, 7) is 2.45. The Labute approximate surface area is 141 Å². The third kappa shape index (κ3) is 2.85. The van der Waals surface area contributed by atoms with Gasteiger partial charge in [-0.3, -0.25) is 4.79 Å². The molecule has 1 aliphatic rings. The number of piperidine rings is 1. The SMILES string of the molecule is O=c1c(C2CCCNC2)nc2ccccc2n1Cc1ccccc1. The van der Waals surface area contributed by atoms with Gasteiger partial charge in [-0.1, -0.05) is 42.5 Å². The molecule has 3 aromatic rings. The van der Waals surface area contributed by atoms with Crippen LogP contribution in [0.2, 0.25) is 0 Å². The normalized spacial score (nSPS) is 17.9. The second-order valence-corrected chi connectivity index (χ2v) is 6.41. The Bertz CT molecular complexity index is 896. The highest BCUT2D eigenvalue weighted by molar-refractivity contribution is 5.74. The van der Waals surface area contributed by atoms with Crippen LogP contribution in [-0.4, -0.2) is 22.6 Å². The maximum atomic E-state index is 13.2. The summed E-state index contributed by atoms with van der Waals surface area (Å²) in [7, 11) is 0. The fourth-order valence-electron chi connectivity index (χ4n) is 3.49. The zero-order valence-corrected chi connectivity index (χ0v) is 13.6. The molecular weight excluding hydrogens is 298 g/mol. The Balaban J connectivity index is 1.86. The van der Waals surface area contributed by atoms with Crippen molar-refractivity contribution < 1.29 is 0 Å². The summed E-state index contributed by atoms with van der Waals surface area (Å²) in [4.78, 5) is 17.9. The van der Waals surface area contributed by atoms with Crippen LogP contribution in [0.5, 0.6) is 0 Å². The van der Waals surface area contributed by atoms with Gasteiger partial charge in [-0.2, -0.15) is 0 Å². The Hall–Kier alpha value is -2.46. The Morgan fingerprint density at radius 3 is 2.67 bits per heavy atom. The average molecular weight is 319 g/mol. The number of nitrogens with zero attached hydrogens (tertiary/aromatic N) is 2. The van der Waals surface area contributed by atoms with E-state index in [4.69, 9.17) is 4.98 Å². The number of hydrogen-bond acceptors (Lipinski definition) is 3. The maximum absolute atomic E-state index is 13.2. The van der Waals surface area contributed by atoms with Crippen LogP contribution in [0, 0.1) is 0 Å². The average Bonchev–Trinajstić information content (AvgIpc) is 2.65. The van der Waals surface area contributed by atoms with E-state index in [1.165, 1.54) is 0 Å². The smallest absolute Gasteiger partial charge is 0.273 e. The minimum absolute atomic E-state index is 0.0475. The van der Waals surface area contributed by atoms with Crippen molar-refractivity contribution in [3.63, 3.8) is 0 Å². The number of fused-ring (bicyclic) bond motifs is 1. The molecule has 0 aliphatic carbocycles. The number of nitrogens with one attached hydrogen (secondary N) is 1. The predicted octanol–water partition coefficient (Wildman–Crippen LogP) is 2.91. The van der Waals surface area contributed by atoms with E-state index in [2.05, 4.69) is 17.4 Å². The van der Waals surface area contributed by atoms with E-state index in [1.54, 1.807) is 0 Å². The minimum Gasteiger partial charge on any atom is -0.316 e. The van der Waals surface area contributed by atoms with Crippen LogP contribution in [0.3, 0.4) is 0 Å². The van der Waals surface area contributed by atoms with Crippen LogP contribution in [-0.2, 0) is 6.54 Å². The van der Waals surface area contributed by atoms with Crippen molar-refractivity contribution in [1.82, 2.24) is 14.9 Å². The summed E-state index contributed by atoms with van der Waals surface area (Å²) in [5.74, 6) is 0.206. The van der Waals surface area contributed by atoms with Crippen molar-refractivity contribution in [3.8, 4) is 0 Å². The molecule has 0 spiro atoms. The molecule has 0 saturated carbocycles. The lowest BCUT2D eigenvalue weighted by Crippen LogP contribution is -2.35. The molecule has 2 heterocycles. The van der Waals surface area contributed by atoms with Gasteiger partial charge in [0, 0.05) is 12.5 Å². The molecule has 1 unspecified atom stereocenters. The van der Waals surface area contributed by atoms with E-state index in [1.807, 2.05) is 47.0 Å². The van der Waals surface area contributed by atoms with Crippen LogP contribution < -0.4 is 10.9 Å². The molecule has 1 aliphatic heterocycles. The summed E-state index contributed by atoms with van der Waals surface area (Å²) >= 11 is 0. The summed E-state index contributed by atoms with van der Waals surface area (Å²) in [5, 5.41) is 3.39. The number of para-hydroxylation sites is 2. The third-order valence-corrected chi connectivity index (χ3v) is 4.74. The summed E-state index contributed by atoms with van der Waals surface area (Å²) < 4.78 is 1.88. The van der Waals surface area contributed by atoms with E-state index in [-0.39, 0.29) is 11.5 Å². The molecule has 0 bridgehead atoms. The highest BCUT2D eigenvalue weighted by Crippen LogP contribution is 2.21. The summed E-state index contributed by atoms with van der Waals surface area (Å²) in [6.07, 6.45) is 2.12. The first-order valence-corrected chi connectivity index (χ1v) is 8.57. The topological polar surface area (TPSA) is 46.9 Å². The first-order chi connectivity index (χ1) is 11.8. The zero-order chi connectivity index (χ0) is 16.4. The third-order valence-electron chi connectivity index (χ3n) is 4.74. The molecule has 24 heavy (non-hydrogen) atoms. The van der Waals surface area contributed by atoms with Gasteiger partial charge in [0.15, 0.2) is 0 Å². The van der Waals surface area contributed by atoms with Crippen molar-refractivity contribution >= 4 is 11.0 Å². The Morgan fingerprint density at radius 1 is 1.08 bits per heavy atom. The zero-order valence-electron chi connectivity index (χ0n) is 13.6. The lowest BCUT2D eigenvalue weighted by atomic mass is 9.96. The molecule has 1 fully saturated rings. The van der Waals surface area contributed by atoms with Crippen molar-refractivity contribution in [1.29, 1.82) is 0 Å². The van der Waals surface area contributed by atoms with Gasteiger partial charge in [0.25, 0.3) is 5.56 Å². The van der Waals surface area contributed by atoms with Crippen LogP contribution in [0.25, 0.3) is 11.0 Å². The Morgan fingerprint density at radius 2 is 1.88 bits per heavy atom.